The van der Waals surface area contributed by atoms with Crippen LogP contribution in [-0.4, -0.2) is 21.6 Å². The van der Waals surface area contributed by atoms with Gasteiger partial charge in [-0.2, -0.15) is 5.10 Å². The molecule has 2 N–H and O–H groups in total. The van der Waals surface area contributed by atoms with Crippen molar-refractivity contribution < 1.29 is 14.0 Å². The largest absolute Gasteiger partial charge is 0.326 e. The normalized spacial score (nSPS) is 13.2. The van der Waals surface area contributed by atoms with Gasteiger partial charge in [0.05, 0.1) is 5.69 Å². The fourth-order valence-electron chi connectivity index (χ4n) is 3.13. The van der Waals surface area contributed by atoms with Crippen LogP contribution in [0.25, 0.3) is 5.69 Å². The SMILES string of the molecule is Cc1cc(C)n(-c2ccc(NC(=O)c3ccc(NC(=O)C4CC4)cc3)cc2F)n1. The van der Waals surface area contributed by atoms with Gasteiger partial charge in [0, 0.05) is 28.6 Å². The summed E-state index contributed by atoms with van der Waals surface area (Å²) >= 11 is 0. The molecule has 0 bridgehead atoms. The lowest BCUT2D eigenvalue weighted by Gasteiger charge is -2.10. The first-order valence-corrected chi connectivity index (χ1v) is 9.46. The van der Waals surface area contributed by atoms with Gasteiger partial charge in [-0.3, -0.25) is 9.59 Å². The number of carbonyl (C=O) groups is 2. The molecule has 1 aliphatic rings. The minimum atomic E-state index is -0.480. The Morgan fingerprint density at radius 3 is 2.28 bits per heavy atom. The topological polar surface area (TPSA) is 76.0 Å². The van der Waals surface area contributed by atoms with Crippen molar-refractivity contribution in [2.75, 3.05) is 10.6 Å². The van der Waals surface area contributed by atoms with E-state index in [9.17, 15) is 14.0 Å². The van der Waals surface area contributed by atoms with Gasteiger partial charge in [0.25, 0.3) is 5.91 Å². The van der Waals surface area contributed by atoms with Crippen molar-refractivity contribution in [3.63, 3.8) is 0 Å². The molecule has 0 radical (unpaired) electrons. The zero-order chi connectivity index (χ0) is 20.5. The second kappa shape index (κ2) is 7.50. The molecular weight excluding hydrogens is 371 g/mol. The lowest BCUT2D eigenvalue weighted by molar-refractivity contribution is -0.117. The molecule has 7 heteroatoms. The summed E-state index contributed by atoms with van der Waals surface area (Å²) in [6.45, 7) is 3.70. The molecule has 29 heavy (non-hydrogen) atoms. The standard InChI is InChI=1S/C22H21FN4O2/c1-13-11-14(2)27(26-13)20-10-9-18(12-19(20)23)25-22(29)16-5-7-17(8-6-16)24-21(28)15-3-4-15/h5-12,15H,3-4H2,1-2H3,(H,24,28)(H,25,29). The smallest absolute Gasteiger partial charge is 0.255 e. The van der Waals surface area contributed by atoms with Gasteiger partial charge in [0.1, 0.15) is 5.69 Å². The predicted octanol–water partition coefficient (Wildman–Crippen LogP) is 4.23. The van der Waals surface area contributed by atoms with Crippen LogP contribution in [0, 0.1) is 25.6 Å². The number of anilines is 2. The Morgan fingerprint density at radius 2 is 1.69 bits per heavy atom. The van der Waals surface area contributed by atoms with E-state index in [0.717, 1.165) is 24.2 Å². The summed E-state index contributed by atoms with van der Waals surface area (Å²) in [5.74, 6) is -0.707. The van der Waals surface area contributed by atoms with Gasteiger partial charge in [0.15, 0.2) is 5.82 Å². The van der Waals surface area contributed by atoms with Crippen molar-refractivity contribution in [2.24, 2.45) is 5.92 Å². The number of hydrogen-bond donors (Lipinski definition) is 2. The van der Waals surface area contributed by atoms with Crippen LogP contribution in [0.15, 0.2) is 48.5 Å². The molecule has 1 fully saturated rings. The number of carbonyl (C=O) groups excluding carboxylic acids is 2. The van der Waals surface area contributed by atoms with E-state index in [1.807, 2.05) is 19.9 Å². The summed E-state index contributed by atoms with van der Waals surface area (Å²) in [6.07, 6.45) is 1.86. The highest BCUT2D eigenvalue weighted by Crippen LogP contribution is 2.30. The Balaban J connectivity index is 1.44. The zero-order valence-corrected chi connectivity index (χ0v) is 16.2. The number of hydrogen-bond acceptors (Lipinski definition) is 3. The van der Waals surface area contributed by atoms with Crippen LogP contribution in [-0.2, 0) is 4.79 Å². The molecule has 0 atom stereocenters. The highest BCUT2D eigenvalue weighted by atomic mass is 19.1. The first-order chi connectivity index (χ1) is 13.9. The van der Waals surface area contributed by atoms with Crippen LogP contribution >= 0.6 is 0 Å². The Hall–Kier alpha value is -3.48. The molecule has 4 rings (SSSR count). The maximum atomic E-state index is 14.6. The van der Waals surface area contributed by atoms with E-state index in [0.29, 0.717) is 22.6 Å². The predicted molar refractivity (Wildman–Crippen MR) is 109 cm³/mol. The molecule has 148 valence electrons. The van der Waals surface area contributed by atoms with E-state index in [1.54, 1.807) is 36.4 Å². The van der Waals surface area contributed by atoms with Crippen molar-refractivity contribution in [2.45, 2.75) is 26.7 Å². The van der Waals surface area contributed by atoms with Gasteiger partial charge >= 0.3 is 0 Å². The Morgan fingerprint density at radius 1 is 1.00 bits per heavy atom. The highest BCUT2D eigenvalue weighted by molar-refractivity contribution is 6.04. The Bertz CT molecular complexity index is 1080. The highest BCUT2D eigenvalue weighted by Gasteiger charge is 2.29. The van der Waals surface area contributed by atoms with E-state index in [4.69, 9.17) is 0 Å². The third kappa shape index (κ3) is 4.18. The molecule has 0 unspecified atom stereocenters. The molecule has 0 aliphatic heterocycles. The van der Waals surface area contributed by atoms with Crippen LogP contribution < -0.4 is 10.6 Å². The van der Waals surface area contributed by atoms with Crippen molar-refractivity contribution in [3.8, 4) is 5.69 Å². The van der Waals surface area contributed by atoms with E-state index >= 15 is 0 Å². The fourth-order valence-corrected chi connectivity index (χ4v) is 3.13. The van der Waals surface area contributed by atoms with Gasteiger partial charge < -0.3 is 10.6 Å². The van der Waals surface area contributed by atoms with Crippen LogP contribution in [0.2, 0.25) is 0 Å². The van der Waals surface area contributed by atoms with E-state index in [-0.39, 0.29) is 17.7 Å². The number of amides is 2. The molecule has 3 aromatic rings. The van der Waals surface area contributed by atoms with Gasteiger partial charge in [-0.05, 0) is 75.2 Å². The monoisotopic (exact) mass is 392 g/mol. The van der Waals surface area contributed by atoms with E-state index < -0.39 is 5.82 Å². The molecule has 2 aromatic carbocycles. The van der Waals surface area contributed by atoms with Gasteiger partial charge in [-0.25, -0.2) is 9.07 Å². The molecule has 1 aliphatic carbocycles. The zero-order valence-electron chi connectivity index (χ0n) is 16.2. The summed E-state index contributed by atoms with van der Waals surface area (Å²) in [6, 6.07) is 13.0. The van der Waals surface area contributed by atoms with Gasteiger partial charge in [-0.15, -0.1) is 0 Å². The van der Waals surface area contributed by atoms with Crippen LogP contribution in [0.1, 0.15) is 34.6 Å². The second-order valence-corrected chi connectivity index (χ2v) is 7.30. The number of aryl methyl sites for hydroxylation is 2. The van der Waals surface area contributed by atoms with Crippen LogP contribution in [0.4, 0.5) is 15.8 Å². The Kier molecular flexibility index (Phi) is 4.88. The summed E-state index contributed by atoms with van der Waals surface area (Å²) in [5, 5.41) is 9.80. The van der Waals surface area contributed by atoms with Gasteiger partial charge in [-0.1, -0.05) is 0 Å². The quantitative estimate of drug-likeness (QED) is 0.682. The summed E-state index contributed by atoms with van der Waals surface area (Å²) in [4.78, 5) is 24.2. The van der Waals surface area contributed by atoms with Crippen LogP contribution in [0.5, 0.6) is 0 Å². The molecule has 1 aromatic heterocycles. The number of halogens is 1. The summed E-state index contributed by atoms with van der Waals surface area (Å²) in [5.41, 5.74) is 3.37. The molecule has 2 amide bonds. The van der Waals surface area contributed by atoms with Gasteiger partial charge in [0.2, 0.25) is 5.91 Å². The van der Waals surface area contributed by atoms with Crippen molar-refractivity contribution in [3.05, 3.63) is 71.3 Å². The van der Waals surface area contributed by atoms with E-state index in [1.165, 1.54) is 10.7 Å². The summed E-state index contributed by atoms with van der Waals surface area (Å²) < 4.78 is 16.1. The number of nitrogens with one attached hydrogen (secondary N) is 2. The third-order valence-corrected chi connectivity index (χ3v) is 4.81. The average molecular weight is 392 g/mol. The third-order valence-electron chi connectivity index (χ3n) is 4.81. The lowest BCUT2D eigenvalue weighted by Crippen LogP contribution is -2.14. The summed E-state index contributed by atoms with van der Waals surface area (Å²) in [7, 11) is 0. The molecule has 0 spiro atoms. The van der Waals surface area contributed by atoms with Crippen molar-refractivity contribution >= 4 is 23.2 Å². The molecule has 0 saturated heterocycles. The average Bonchev–Trinajstić information content (AvgIpc) is 3.47. The number of benzene rings is 2. The minimum Gasteiger partial charge on any atom is -0.326 e. The number of nitrogens with zero attached hydrogens (tertiary/aromatic N) is 2. The fraction of sp³-hybridized carbons (Fsp3) is 0.227. The lowest BCUT2D eigenvalue weighted by atomic mass is 10.1. The van der Waals surface area contributed by atoms with E-state index in [2.05, 4.69) is 15.7 Å². The van der Waals surface area contributed by atoms with Crippen LogP contribution in [0.3, 0.4) is 0 Å². The maximum Gasteiger partial charge on any atom is 0.255 e. The van der Waals surface area contributed by atoms with Crippen molar-refractivity contribution in [1.29, 1.82) is 0 Å². The molecule has 1 saturated carbocycles. The number of rotatable bonds is 5. The second-order valence-electron chi connectivity index (χ2n) is 7.30. The maximum absolute atomic E-state index is 14.6. The number of aromatic nitrogens is 2. The minimum absolute atomic E-state index is 0.0142. The molecular formula is C22H21FN4O2. The van der Waals surface area contributed by atoms with Crippen molar-refractivity contribution in [1.82, 2.24) is 9.78 Å². The Labute approximate surface area is 167 Å². The first-order valence-electron chi connectivity index (χ1n) is 9.46. The molecule has 6 nitrogen and oxygen atoms in total. The molecule has 1 heterocycles. The first kappa shape index (κ1) is 18.9.